The number of carbonyl (C=O) groups is 2. The summed E-state index contributed by atoms with van der Waals surface area (Å²) in [6.07, 6.45) is 0. The third kappa shape index (κ3) is 6.05. The predicted octanol–water partition coefficient (Wildman–Crippen LogP) is 10.9. The quantitative estimate of drug-likeness (QED) is 0.137. The van der Waals surface area contributed by atoms with Crippen molar-refractivity contribution in [3.63, 3.8) is 0 Å². The van der Waals surface area contributed by atoms with E-state index in [-0.39, 0.29) is 12.1 Å². The summed E-state index contributed by atoms with van der Waals surface area (Å²) in [5.41, 5.74) is 8.69. The summed E-state index contributed by atoms with van der Waals surface area (Å²) >= 11 is 7.47. The Balaban J connectivity index is 1.27. The Labute approximate surface area is 289 Å². The number of urea groups is 2. The molecule has 1 aliphatic rings. The molecule has 230 valence electrons. The topological polar surface area (TPSA) is 82.3 Å². The maximum absolute atomic E-state index is 12.8. The fourth-order valence-electron chi connectivity index (χ4n) is 6.29. The first-order valence-corrected chi connectivity index (χ1v) is 16.6. The van der Waals surface area contributed by atoms with Crippen LogP contribution in [0.4, 0.5) is 32.3 Å². The number of amides is 4. The van der Waals surface area contributed by atoms with Crippen molar-refractivity contribution in [1.29, 1.82) is 0 Å². The van der Waals surface area contributed by atoms with E-state index in [9.17, 15) is 9.59 Å². The smallest absolute Gasteiger partial charge is 0.308 e. The summed E-state index contributed by atoms with van der Waals surface area (Å²) in [5, 5.41) is 11.6. The molecule has 6 nitrogen and oxygen atoms in total. The first kappa shape index (κ1) is 30.5. The number of halogens is 2. The second-order valence-corrected chi connectivity index (χ2v) is 13.0. The van der Waals surface area contributed by atoms with Gasteiger partial charge in [0, 0.05) is 31.7 Å². The Morgan fingerprint density at radius 2 is 0.766 bits per heavy atom. The zero-order valence-corrected chi connectivity index (χ0v) is 28.1. The molecule has 47 heavy (non-hydrogen) atoms. The number of anilines is 4. The van der Waals surface area contributed by atoms with E-state index in [4.69, 9.17) is 0 Å². The predicted molar refractivity (Wildman–Crippen MR) is 197 cm³/mol. The van der Waals surface area contributed by atoms with E-state index in [1.54, 1.807) is 0 Å². The van der Waals surface area contributed by atoms with E-state index < -0.39 is 5.41 Å². The van der Waals surface area contributed by atoms with Crippen LogP contribution in [0.25, 0.3) is 11.1 Å². The van der Waals surface area contributed by atoms with Gasteiger partial charge >= 0.3 is 12.1 Å². The maximum Gasteiger partial charge on any atom is 0.323 e. The minimum Gasteiger partial charge on any atom is -0.308 e. The normalized spacial score (nSPS) is 12.4. The molecule has 6 aromatic carbocycles. The van der Waals surface area contributed by atoms with Crippen LogP contribution in [0.1, 0.15) is 22.3 Å². The molecule has 4 N–H and O–H groups in total. The molecule has 0 atom stereocenters. The van der Waals surface area contributed by atoms with E-state index in [0.29, 0.717) is 22.7 Å². The van der Waals surface area contributed by atoms with Crippen LogP contribution in [-0.2, 0) is 5.41 Å². The Morgan fingerprint density at radius 3 is 1.13 bits per heavy atom. The highest BCUT2D eigenvalue weighted by molar-refractivity contribution is 9.10. The number of carbonyl (C=O) groups excluding carboxylic acids is 2. The summed E-state index contributed by atoms with van der Waals surface area (Å²) in [6.45, 7) is 0. The molecule has 0 bridgehead atoms. The van der Waals surface area contributed by atoms with E-state index >= 15 is 0 Å². The monoisotopic (exact) mass is 742 g/mol. The molecule has 1 aliphatic carbocycles. The molecule has 0 fully saturated rings. The SMILES string of the molecule is O=C(Nc1ccccc1)Nc1ccc(C2(c3ccc(NC(=O)Nc4ccccc4)cc3)c3cc(Br)ccc3-c3ccc(Br)cc32)cc1. The second-order valence-electron chi connectivity index (χ2n) is 11.2. The van der Waals surface area contributed by atoms with Crippen LogP contribution in [0.5, 0.6) is 0 Å². The van der Waals surface area contributed by atoms with Crippen LogP contribution in [0.2, 0.25) is 0 Å². The zero-order chi connectivity index (χ0) is 32.4. The summed E-state index contributed by atoms with van der Waals surface area (Å²) in [5.74, 6) is 0. The van der Waals surface area contributed by atoms with Crippen molar-refractivity contribution in [2.75, 3.05) is 21.3 Å². The number of fused-ring (bicyclic) bond motifs is 3. The van der Waals surface area contributed by atoms with Crippen LogP contribution in [0, 0.1) is 0 Å². The zero-order valence-electron chi connectivity index (χ0n) is 24.9. The van der Waals surface area contributed by atoms with Gasteiger partial charge in [-0.1, -0.05) is 105 Å². The summed E-state index contributed by atoms with van der Waals surface area (Å²) in [6, 6.07) is 46.8. The lowest BCUT2D eigenvalue weighted by molar-refractivity contribution is 0.261. The fraction of sp³-hybridized carbons (Fsp3) is 0.0256. The number of para-hydroxylation sites is 2. The summed E-state index contributed by atoms with van der Waals surface area (Å²) in [4.78, 5) is 25.5. The molecule has 0 aliphatic heterocycles. The van der Waals surface area contributed by atoms with Gasteiger partial charge in [-0.05, 0) is 106 Å². The lowest BCUT2D eigenvalue weighted by atomic mass is 9.67. The van der Waals surface area contributed by atoms with Gasteiger partial charge in [0.15, 0.2) is 0 Å². The fourth-order valence-corrected chi connectivity index (χ4v) is 7.02. The lowest BCUT2D eigenvalue weighted by Crippen LogP contribution is -2.29. The Hall–Kier alpha value is -5.18. The van der Waals surface area contributed by atoms with Gasteiger partial charge in [0.2, 0.25) is 0 Å². The molecule has 0 heterocycles. The van der Waals surface area contributed by atoms with E-state index in [1.165, 1.54) is 0 Å². The Bertz CT molecular complexity index is 1930. The average Bonchev–Trinajstić information content (AvgIpc) is 3.35. The van der Waals surface area contributed by atoms with Gasteiger partial charge in [0.05, 0.1) is 5.41 Å². The van der Waals surface area contributed by atoms with Crippen molar-refractivity contribution in [2.45, 2.75) is 5.41 Å². The van der Waals surface area contributed by atoms with Crippen molar-refractivity contribution in [2.24, 2.45) is 0 Å². The number of hydrogen-bond donors (Lipinski definition) is 4. The number of nitrogens with one attached hydrogen (secondary N) is 4. The minimum absolute atomic E-state index is 0.317. The van der Waals surface area contributed by atoms with Gasteiger partial charge in [0.1, 0.15) is 0 Å². The molecule has 6 aromatic rings. The third-order valence-corrected chi connectivity index (χ3v) is 9.26. The van der Waals surface area contributed by atoms with Crippen molar-refractivity contribution < 1.29 is 9.59 Å². The molecular weight excluding hydrogens is 716 g/mol. The Morgan fingerprint density at radius 1 is 0.426 bits per heavy atom. The molecule has 0 aromatic heterocycles. The molecule has 0 saturated heterocycles. The van der Waals surface area contributed by atoms with Gasteiger partial charge in [-0.15, -0.1) is 0 Å². The van der Waals surface area contributed by atoms with Crippen LogP contribution < -0.4 is 21.3 Å². The van der Waals surface area contributed by atoms with Gasteiger partial charge in [-0.3, -0.25) is 0 Å². The summed E-state index contributed by atoms with van der Waals surface area (Å²) in [7, 11) is 0. The summed E-state index contributed by atoms with van der Waals surface area (Å²) < 4.78 is 1.94. The van der Waals surface area contributed by atoms with Crippen molar-refractivity contribution in [3.8, 4) is 11.1 Å². The largest absolute Gasteiger partial charge is 0.323 e. The van der Waals surface area contributed by atoms with Crippen LogP contribution in [0.15, 0.2) is 155 Å². The minimum atomic E-state index is -0.687. The molecular formula is C39H28Br2N4O2. The van der Waals surface area contributed by atoms with E-state index in [1.807, 2.05) is 84.9 Å². The molecule has 0 unspecified atom stereocenters. The van der Waals surface area contributed by atoms with Crippen LogP contribution in [0.3, 0.4) is 0 Å². The van der Waals surface area contributed by atoms with Crippen molar-refractivity contribution in [3.05, 3.63) is 177 Å². The first-order chi connectivity index (χ1) is 22.9. The molecule has 7 rings (SSSR count). The molecule has 0 radical (unpaired) electrons. The standard InChI is InChI=1S/C39H28Br2N4O2/c40-27-15-21-33-34-22-16-28(41)24-36(34)39(35(33)23-27,25-11-17-31(18-12-25)44-37(46)42-29-7-3-1-4-8-29)26-13-19-32(20-14-26)45-38(47)43-30-9-5-2-6-10-30/h1-24H,(H2,42,44,46)(H2,43,45,47). The number of benzene rings is 6. The van der Waals surface area contributed by atoms with E-state index in [2.05, 4.69) is 114 Å². The lowest BCUT2D eigenvalue weighted by Gasteiger charge is -2.34. The third-order valence-electron chi connectivity index (χ3n) is 8.28. The van der Waals surface area contributed by atoms with Gasteiger partial charge < -0.3 is 21.3 Å². The highest BCUT2D eigenvalue weighted by Gasteiger charge is 2.46. The molecule has 0 saturated carbocycles. The maximum atomic E-state index is 12.8. The van der Waals surface area contributed by atoms with Crippen LogP contribution >= 0.6 is 31.9 Å². The van der Waals surface area contributed by atoms with Crippen LogP contribution in [-0.4, -0.2) is 12.1 Å². The first-order valence-electron chi connectivity index (χ1n) is 15.0. The molecule has 4 amide bonds. The average molecular weight is 744 g/mol. The van der Waals surface area contributed by atoms with Gasteiger partial charge in [0.25, 0.3) is 0 Å². The number of hydrogen-bond acceptors (Lipinski definition) is 2. The second kappa shape index (κ2) is 12.9. The molecule has 0 spiro atoms. The highest BCUT2D eigenvalue weighted by Crippen LogP contribution is 2.57. The number of rotatable bonds is 6. The highest BCUT2D eigenvalue weighted by atomic mass is 79.9. The van der Waals surface area contributed by atoms with Gasteiger partial charge in [-0.2, -0.15) is 0 Å². The molecule has 8 heteroatoms. The van der Waals surface area contributed by atoms with Gasteiger partial charge in [-0.25, -0.2) is 9.59 Å². The Kier molecular flexibility index (Phi) is 8.37. The van der Waals surface area contributed by atoms with Crippen molar-refractivity contribution >= 4 is 66.7 Å². The van der Waals surface area contributed by atoms with Crippen molar-refractivity contribution in [1.82, 2.24) is 0 Å². The van der Waals surface area contributed by atoms with E-state index in [0.717, 1.165) is 42.3 Å².